The Morgan fingerprint density at radius 3 is 2.60 bits per heavy atom. The molecule has 1 aromatic rings. The SMILES string of the molecule is CCCCCC(C)(OCC)C(=O)Nc1ccc(OCCOC)nc1C. The Bertz CT molecular complexity index is 536. The summed E-state index contributed by atoms with van der Waals surface area (Å²) in [7, 11) is 1.62. The van der Waals surface area contributed by atoms with Gasteiger partial charge in [-0.3, -0.25) is 4.79 Å². The third-order valence-electron chi connectivity index (χ3n) is 4.05. The molecule has 0 aromatic carbocycles. The van der Waals surface area contributed by atoms with E-state index in [9.17, 15) is 4.79 Å². The fourth-order valence-electron chi connectivity index (χ4n) is 2.52. The Morgan fingerprint density at radius 1 is 1.24 bits per heavy atom. The van der Waals surface area contributed by atoms with Crippen molar-refractivity contribution < 1.29 is 19.0 Å². The van der Waals surface area contributed by atoms with E-state index in [0.29, 0.717) is 43.5 Å². The predicted molar refractivity (Wildman–Crippen MR) is 99.1 cm³/mol. The number of unbranched alkanes of at least 4 members (excludes halogenated alkanes) is 2. The van der Waals surface area contributed by atoms with Crippen molar-refractivity contribution in [1.29, 1.82) is 0 Å². The number of methoxy groups -OCH3 is 1. The molecule has 1 aromatic heterocycles. The van der Waals surface area contributed by atoms with Crippen LogP contribution in [0.25, 0.3) is 0 Å². The second kappa shape index (κ2) is 11.1. The molecular formula is C19H32N2O4. The summed E-state index contributed by atoms with van der Waals surface area (Å²) in [6, 6.07) is 3.55. The lowest BCUT2D eigenvalue weighted by molar-refractivity contribution is -0.139. The zero-order valence-electron chi connectivity index (χ0n) is 16.2. The number of hydrogen-bond donors (Lipinski definition) is 1. The average Bonchev–Trinajstić information content (AvgIpc) is 2.58. The van der Waals surface area contributed by atoms with Crippen LogP contribution >= 0.6 is 0 Å². The van der Waals surface area contributed by atoms with Gasteiger partial charge in [0, 0.05) is 19.8 Å². The summed E-state index contributed by atoms with van der Waals surface area (Å²) in [6.45, 7) is 9.19. The minimum atomic E-state index is -0.829. The fourth-order valence-corrected chi connectivity index (χ4v) is 2.52. The van der Waals surface area contributed by atoms with Crippen molar-refractivity contribution in [2.24, 2.45) is 0 Å². The monoisotopic (exact) mass is 352 g/mol. The molecule has 1 amide bonds. The second-order valence-electron chi connectivity index (χ2n) is 6.20. The number of ether oxygens (including phenoxy) is 3. The number of anilines is 1. The number of hydrogen-bond acceptors (Lipinski definition) is 5. The van der Waals surface area contributed by atoms with E-state index in [2.05, 4.69) is 17.2 Å². The molecule has 0 saturated carbocycles. The van der Waals surface area contributed by atoms with Crippen LogP contribution in [0.3, 0.4) is 0 Å². The van der Waals surface area contributed by atoms with Crippen molar-refractivity contribution in [3.8, 4) is 5.88 Å². The van der Waals surface area contributed by atoms with Gasteiger partial charge in [0.1, 0.15) is 12.2 Å². The van der Waals surface area contributed by atoms with Crippen molar-refractivity contribution in [1.82, 2.24) is 4.98 Å². The van der Waals surface area contributed by atoms with Crippen LogP contribution < -0.4 is 10.1 Å². The molecule has 6 heteroatoms. The summed E-state index contributed by atoms with van der Waals surface area (Å²) in [6.07, 6.45) is 3.86. The number of carbonyl (C=O) groups excluding carboxylic acids is 1. The normalized spacial score (nSPS) is 13.3. The zero-order valence-corrected chi connectivity index (χ0v) is 16.2. The van der Waals surface area contributed by atoms with Crippen LogP contribution in [0.4, 0.5) is 5.69 Å². The standard InChI is InChI=1S/C19H32N2O4/c1-6-8-9-12-19(4,25-7-2)18(22)21-16-10-11-17(20-15(16)3)24-14-13-23-5/h10-11H,6-9,12-14H2,1-5H3,(H,21,22). The number of pyridine rings is 1. The highest BCUT2D eigenvalue weighted by Crippen LogP contribution is 2.24. The van der Waals surface area contributed by atoms with Crippen LogP contribution in [0.1, 0.15) is 52.1 Å². The van der Waals surface area contributed by atoms with Gasteiger partial charge in [0.05, 0.1) is 18.0 Å². The second-order valence-corrected chi connectivity index (χ2v) is 6.20. The number of aryl methyl sites for hydroxylation is 1. The lowest BCUT2D eigenvalue weighted by atomic mass is 9.96. The van der Waals surface area contributed by atoms with E-state index in [4.69, 9.17) is 14.2 Å². The van der Waals surface area contributed by atoms with Gasteiger partial charge in [0.15, 0.2) is 0 Å². The highest BCUT2D eigenvalue weighted by atomic mass is 16.5. The molecule has 1 heterocycles. The number of aromatic nitrogens is 1. The van der Waals surface area contributed by atoms with Crippen molar-refractivity contribution in [3.63, 3.8) is 0 Å². The summed E-state index contributed by atoms with van der Waals surface area (Å²) < 4.78 is 16.2. The predicted octanol–water partition coefficient (Wildman–Crippen LogP) is 3.73. The number of nitrogens with one attached hydrogen (secondary N) is 1. The van der Waals surface area contributed by atoms with Crippen molar-refractivity contribution in [3.05, 3.63) is 17.8 Å². The van der Waals surface area contributed by atoms with E-state index in [1.54, 1.807) is 19.2 Å². The molecule has 0 aliphatic rings. The van der Waals surface area contributed by atoms with Gasteiger partial charge < -0.3 is 19.5 Å². The van der Waals surface area contributed by atoms with Crippen molar-refractivity contribution in [2.45, 2.75) is 59.0 Å². The Morgan fingerprint density at radius 2 is 2.00 bits per heavy atom. The smallest absolute Gasteiger partial charge is 0.256 e. The number of carbonyl (C=O) groups is 1. The van der Waals surface area contributed by atoms with Crippen LogP contribution in [-0.2, 0) is 14.3 Å². The number of amides is 1. The molecule has 0 radical (unpaired) electrons. The highest BCUT2D eigenvalue weighted by molar-refractivity contribution is 5.97. The van der Waals surface area contributed by atoms with E-state index < -0.39 is 5.60 Å². The first-order chi connectivity index (χ1) is 12.0. The topological polar surface area (TPSA) is 69.7 Å². The van der Waals surface area contributed by atoms with Gasteiger partial charge in [-0.05, 0) is 33.3 Å². The molecule has 0 fully saturated rings. The van der Waals surface area contributed by atoms with Crippen molar-refractivity contribution >= 4 is 11.6 Å². The van der Waals surface area contributed by atoms with E-state index >= 15 is 0 Å². The molecule has 25 heavy (non-hydrogen) atoms. The lowest BCUT2D eigenvalue weighted by Gasteiger charge is -2.28. The molecule has 0 spiro atoms. The molecule has 6 nitrogen and oxygen atoms in total. The van der Waals surface area contributed by atoms with Crippen LogP contribution in [0.15, 0.2) is 12.1 Å². The molecule has 0 aliphatic heterocycles. The minimum absolute atomic E-state index is 0.136. The first-order valence-corrected chi connectivity index (χ1v) is 9.01. The van der Waals surface area contributed by atoms with E-state index in [1.807, 2.05) is 20.8 Å². The fraction of sp³-hybridized carbons (Fsp3) is 0.684. The average molecular weight is 352 g/mol. The van der Waals surface area contributed by atoms with Gasteiger partial charge in [0.25, 0.3) is 5.91 Å². The Hall–Kier alpha value is -1.66. The Balaban J connectivity index is 2.75. The van der Waals surface area contributed by atoms with Gasteiger partial charge in [-0.25, -0.2) is 4.98 Å². The molecule has 0 saturated heterocycles. The highest BCUT2D eigenvalue weighted by Gasteiger charge is 2.33. The summed E-state index contributed by atoms with van der Waals surface area (Å²) in [5.74, 6) is 0.381. The summed E-state index contributed by atoms with van der Waals surface area (Å²) in [5.41, 5.74) is 0.547. The van der Waals surface area contributed by atoms with Gasteiger partial charge in [-0.15, -0.1) is 0 Å². The first-order valence-electron chi connectivity index (χ1n) is 9.01. The molecule has 0 bridgehead atoms. The van der Waals surface area contributed by atoms with Gasteiger partial charge in [0.2, 0.25) is 5.88 Å². The third-order valence-corrected chi connectivity index (χ3v) is 4.05. The van der Waals surface area contributed by atoms with Gasteiger partial charge in [-0.1, -0.05) is 26.2 Å². The molecule has 1 unspecified atom stereocenters. The summed E-state index contributed by atoms with van der Waals surface area (Å²) in [5, 5.41) is 2.95. The molecule has 0 aliphatic carbocycles. The molecule has 1 N–H and O–H groups in total. The van der Waals surface area contributed by atoms with Crippen LogP contribution in [-0.4, -0.2) is 43.4 Å². The van der Waals surface area contributed by atoms with Crippen molar-refractivity contribution in [2.75, 3.05) is 32.2 Å². The largest absolute Gasteiger partial charge is 0.475 e. The quantitative estimate of drug-likeness (QED) is 0.581. The summed E-state index contributed by atoms with van der Waals surface area (Å²) >= 11 is 0. The number of rotatable bonds is 12. The maximum atomic E-state index is 12.8. The Labute approximate surface area is 151 Å². The lowest BCUT2D eigenvalue weighted by Crippen LogP contribution is -2.43. The molecule has 142 valence electrons. The maximum Gasteiger partial charge on any atom is 0.256 e. The minimum Gasteiger partial charge on any atom is -0.475 e. The molecule has 1 atom stereocenters. The zero-order chi connectivity index (χ0) is 18.7. The number of nitrogens with zero attached hydrogens (tertiary/aromatic N) is 1. The van der Waals surface area contributed by atoms with E-state index in [1.165, 1.54) is 0 Å². The van der Waals surface area contributed by atoms with Crippen LogP contribution in [0.5, 0.6) is 5.88 Å². The van der Waals surface area contributed by atoms with Gasteiger partial charge >= 0.3 is 0 Å². The maximum absolute atomic E-state index is 12.8. The van der Waals surface area contributed by atoms with Gasteiger partial charge in [-0.2, -0.15) is 0 Å². The third kappa shape index (κ3) is 7.00. The molecular weight excluding hydrogens is 320 g/mol. The first kappa shape index (κ1) is 21.4. The van der Waals surface area contributed by atoms with Crippen LogP contribution in [0, 0.1) is 6.92 Å². The Kier molecular flexibility index (Phi) is 9.45. The molecule has 1 rings (SSSR count). The van der Waals surface area contributed by atoms with E-state index in [-0.39, 0.29) is 5.91 Å². The summed E-state index contributed by atoms with van der Waals surface area (Å²) in [4.78, 5) is 17.1. The van der Waals surface area contributed by atoms with Crippen LogP contribution in [0.2, 0.25) is 0 Å². The van der Waals surface area contributed by atoms with E-state index in [0.717, 1.165) is 19.3 Å².